The van der Waals surface area contributed by atoms with E-state index in [0.717, 1.165) is 31.3 Å². The Balaban J connectivity index is 1.03. The average Bonchev–Trinajstić information content (AvgIpc) is 3.23. The normalized spacial score (nSPS) is 23.4. The number of imidazole rings is 1. The molecule has 0 radical (unpaired) electrons. The molecule has 7 rings (SSSR count). The van der Waals surface area contributed by atoms with Crippen LogP contribution in [-0.2, 0) is 24.4 Å². The molecule has 212 valence electrons. The SMILES string of the molecule is O=C(O)c1cc(F)c2nc(CN3C[C@@H]4C(c5cccc(OCc6ccc(Cl)cc6F)n5)[C@@H]4C3)n(CC3CCO3)c2c1. The molecule has 1 saturated carbocycles. The summed E-state index contributed by atoms with van der Waals surface area (Å²) >= 11 is 5.83. The van der Waals surface area contributed by atoms with E-state index < -0.39 is 17.6 Å². The van der Waals surface area contributed by atoms with Gasteiger partial charge in [-0.2, -0.15) is 0 Å². The van der Waals surface area contributed by atoms with Crippen molar-refractivity contribution in [1.82, 2.24) is 19.4 Å². The molecule has 4 heterocycles. The van der Waals surface area contributed by atoms with Gasteiger partial charge < -0.3 is 19.1 Å². The minimum absolute atomic E-state index is 0.0100. The highest BCUT2D eigenvalue weighted by molar-refractivity contribution is 6.30. The maximum atomic E-state index is 14.8. The van der Waals surface area contributed by atoms with Gasteiger partial charge in [0, 0.05) is 48.0 Å². The summed E-state index contributed by atoms with van der Waals surface area (Å²) in [5.41, 5.74) is 1.95. The zero-order chi connectivity index (χ0) is 28.2. The van der Waals surface area contributed by atoms with Crippen LogP contribution in [0.1, 0.15) is 39.8 Å². The first-order valence-corrected chi connectivity index (χ1v) is 14.0. The van der Waals surface area contributed by atoms with Crippen molar-refractivity contribution in [2.24, 2.45) is 11.8 Å². The molecule has 4 aromatic rings. The van der Waals surface area contributed by atoms with Gasteiger partial charge in [0.25, 0.3) is 0 Å². The summed E-state index contributed by atoms with van der Waals surface area (Å²) in [6.07, 6.45) is 0.913. The van der Waals surface area contributed by atoms with Gasteiger partial charge in [0.2, 0.25) is 5.88 Å². The molecule has 3 aliphatic rings. The van der Waals surface area contributed by atoms with E-state index in [-0.39, 0.29) is 23.8 Å². The van der Waals surface area contributed by atoms with Gasteiger partial charge in [-0.05, 0) is 48.6 Å². The van der Waals surface area contributed by atoms with Crippen LogP contribution in [-0.4, -0.2) is 56.3 Å². The number of hydrogen-bond donors (Lipinski definition) is 1. The average molecular weight is 581 g/mol. The lowest BCUT2D eigenvalue weighted by molar-refractivity contribution is -0.0591. The van der Waals surface area contributed by atoms with E-state index in [1.165, 1.54) is 12.1 Å². The third kappa shape index (κ3) is 5.05. The molecular weight excluding hydrogens is 554 g/mol. The maximum Gasteiger partial charge on any atom is 0.335 e. The molecule has 2 aromatic carbocycles. The number of halogens is 3. The second-order valence-electron chi connectivity index (χ2n) is 11.0. The highest BCUT2D eigenvalue weighted by atomic mass is 35.5. The van der Waals surface area contributed by atoms with Crippen molar-refractivity contribution >= 4 is 28.6 Å². The summed E-state index contributed by atoms with van der Waals surface area (Å²) in [5, 5.41) is 9.78. The molecule has 2 aliphatic heterocycles. The molecular formula is C30H27ClF2N4O4. The molecule has 8 nitrogen and oxygen atoms in total. The van der Waals surface area contributed by atoms with E-state index in [2.05, 4.69) is 9.88 Å². The van der Waals surface area contributed by atoms with Crippen LogP contribution in [0.3, 0.4) is 0 Å². The highest BCUT2D eigenvalue weighted by Crippen LogP contribution is 2.58. The largest absolute Gasteiger partial charge is 0.478 e. The van der Waals surface area contributed by atoms with E-state index in [9.17, 15) is 18.7 Å². The van der Waals surface area contributed by atoms with Crippen LogP contribution < -0.4 is 4.74 Å². The number of likely N-dealkylation sites (tertiary alicyclic amines) is 1. The first-order valence-electron chi connectivity index (χ1n) is 13.6. The molecule has 41 heavy (non-hydrogen) atoms. The first-order chi connectivity index (χ1) is 19.8. The molecule has 2 saturated heterocycles. The standard InChI is InChI=1S/C30H27ClF2N4O4/c31-18-5-4-16(22(32)10-18)15-41-27-3-1-2-24(34-27)28-20-12-36(13-21(20)28)14-26-35-29-23(33)8-17(30(38)39)9-25(29)37(26)11-19-6-7-40-19/h1-5,8-10,19-21,28H,6-7,11-15H2,(H,38,39)/t19?,20-,21+,28?. The Kier molecular flexibility index (Phi) is 6.64. The smallest absolute Gasteiger partial charge is 0.335 e. The number of hydrogen-bond acceptors (Lipinski definition) is 6. The number of benzene rings is 2. The first kappa shape index (κ1) is 26.3. The topological polar surface area (TPSA) is 89.7 Å². The number of aromatic nitrogens is 3. The lowest BCUT2D eigenvalue weighted by Crippen LogP contribution is -2.33. The van der Waals surface area contributed by atoms with Crippen LogP contribution in [0.2, 0.25) is 5.02 Å². The summed E-state index contributed by atoms with van der Waals surface area (Å²) < 4.78 is 42.3. The summed E-state index contributed by atoms with van der Waals surface area (Å²) in [5.74, 6) is 0.135. The molecule has 0 amide bonds. The molecule has 1 N–H and O–H groups in total. The summed E-state index contributed by atoms with van der Waals surface area (Å²) in [7, 11) is 0. The number of carboxylic acid groups (broad SMARTS) is 1. The Bertz CT molecular complexity index is 1650. The monoisotopic (exact) mass is 580 g/mol. The Hall–Kier alpha value is -3.60. The van der Waals surface area contributed by atoms with Crippen molar-refractivity contribution in [3.8, 4) is 5.88 Å². The molecule has 4 atom stereocenters. The van der Waals surface area contributed by atoms with Crippen LogP contribution in [0.25, 0.3) is 11.0 Å². The van der Waals surface area contributed by atoms with E-state index in [1.54, 1.807) is 18.2 Å². The number of aromatic carboxylic acids is 1. The second kappa shape index (κ2) is 10.3. The minimum atomic E-state index is -1.18. The van der Waals surface area contributed by atoms with Crippen molar-refractivity contribution < 1.29 is 28.2 Å². The lowest BCUT2D eigenvalue weighted by atomic mass is 10.1. The fraction of sp³-hybridized carbons (Fsp3) is 0.367. The van der Waals surface area contributed by atoms with E-state index >= 15 is 0 Å². The number of pyridine rings is 1. The van der Waals surface area contributed by atoms with Gasteiger partial charge in [0.15, 0.2) is 5.82 Å². The van der Waals surface area contributed by atoms with Crippen LogP contribution in [0.4, 0.5) is 8.78 Å². The number of nitrogens with zero attached hydrogens (tertiary/aromatic N) is 4. The predicted octanol–water partition coefficient (Wildman–Crippen LogP) is 5.27. The number of ether oxygens (including phenoxy) is 2. The Morgan fingerprint density at radius 2 is 1.90 bits per heavy atom. The molecule has 0 spiro atoms. The minimum Gasteiger partial charge on any atom is -0.478 e. The second-order valence-corrected chi connectivity index (χ2v) is 11.5. The van der Waals surface area contributed by atoms with Gasteiger partial charge >= 0.3 is 5.97 Å². The van der Waals surface area contributed by atoms with Crippen molar-refractivity contribution in [1.29, 1.82) is 0 Å². The molecule has 0 bridgehead atoms. The molecule has 2 aromatic heterocycles. The van der Waals surface area contributed by atoms with Gasteiger partial charge in [-0.1, -0.05) is 23.7 Å². The van der Waals surface area contributed by atoms with Gasteiger partial charge in [0.1, 0.15) is 23.8 Å². The van der Waals surface area contributed by atoms with Gasteiger partial charge in [0.05, 0.1) is 30.3 Å². The molecule has 2 unspecified atom stereocenters. The maximum absolute atomic E-state index is 14.8. The van der Waals surface area contributed by atoms with Crippen molar-refractivity contribution in [3.63, 3.8) is 0 Å². The lowest BCUT2D eigenvalue weighted by Gasteiger charge is -2.28. The fourth-order valence-corrected chi connectivity index (χ4v) is 6.34. The number of carboxylic acids is 1. The Morgan fingerprint density at radius 3 is 2.61 bits per heavy atom. The quantitative estimate of drug-likeness (QED) is 0.288. The van der Waals surface area contributed by atoms with Gasteiger partial charge in [-0.25, -0.2) is 23.5 Å². The van der Waals surface area contributed by atoms with Gasteiger partial charge in [-0.15, -0.1) is 0 Å². The Labute approximate surface area is 239 Å². The third-order valence-corrected chi connectivity index (χ3v) is 8.66. The number of carbonyl (C=O) groups is 1. The van der Waals surface area contributed by atoms with E-state index in [1.807, 2.05) is 16.7 Å². The van der Waals surface area contributed by atoms with Crippen LogP contribution >= 0.6 is 11.6 Å². The van der Waals surface area contributed by atoms with Crippen molar-refractivity contribution in [3.05, 3.63) is 87.8 Å². The summed E-state index contributed by atoms with van der Waals surface area (Å²) in [4.78, 5) is 23.2. The van der Waals surface area contributed by atoms with Crippen LogP contribution in [0.15, 0.2) is 48.5 Å². The number of piperidine rings is 1. The summed E-state index contributed by atoms with van der Waals surface area (Å²) in [6.45, 7) is 3.50. The predicted molar refractivity (Wildman–Crippen MR) is 146 cm³/mol. The van der Waals surface area contributed by atoms with E-state index in [0.29, 0.717) is 65.3 Å². The number of rotatable bonds is 9. The molecule has 3 fully saturated rings. The van der Waals surface area contributed by atoms with Crippen molar-refractivity contribution in [2.75, 3.05) is 19.7 Å². The van der Waals surface area contributed by atoms with E-state index in [4.69, 9.17) is 26.1 Å². The zero-order valence-corrected chi connectivity index (χ0v) is 22.7. The molecule has 1 aliphatic carbocycles. The van der Waals surface area contributed by atoms with Gasteiger partial charge in [-0.3, -0.25) is 4.90 Å². The zero-order valence-electron chi connectivity index (χ0n) is 22.0. The highest BCUT2D eigenvalue weighted by Gasteiger charge is 2.57. The fourth-order valence-electron chi connectivity index (χ4n) is 6.18. The Morgan fingerprint density at radius 1 is 1.10 bits per heavy atom. The summed E-state index contributed by atoms with van der Waals surface area (Å²) in [6, 6.07) is 12.7. The van der Waals surface area contributed by atoms with Crippen molar-refractivity contribution in [2.45, 2.75) is 38.1 Å². The number of fused-ring (bicyclic) bond motifs is 2. The van der Waals surface area contributed by atoms with Crippen LogP contribution in [0, 0.1) is 23.5 Å². The third-order valence-electron chi connectivity index (χ3n) is 8.42. The molecule has 11 heteroatoms. The van der Waals surface area contributed by atoms with Crippen LogP contribution in [0.5, 0.6) is 5.88 Å².